The van der Waals surface area contributed by atoms with Crippen molar-refractivity contribution < 1.29 is 9.21 Å². The Morgan fingerprint density at radius 1 is 1.15 bits per heavy atom. The summed E-state index contributed by atoms with van der Waals surface area (Å²) in [5, 5.41) is 0.960. The van der Waals surface area contributed by atoms with Gasteiger partial charge in [-0.3, -0.25) is 4.79 Å². The third-order valence-corrected chi connectivity index (χ3v) is 5.66. The molecule has 3 rings (SSSR count). The van der Waals surface area contributed by atoms with Crippen LogP contribution in [0.4, 0.5) is 5.69 Å². The van der Waals surface area contributed by atoms with E-state index in [9.17, 15) is 4.79 Å². The van der Waals surface area contributed by atoms with E-state index in [-0.39, 0.29) is 5.91 Å². The molecular weight excluding hydrogens is 412 g/mol. The average Bonchev–Trinajstić information content (AvgIpc) is 2.98. The normalized spacial score (nSPS) is 10.9. The highest BCUT2D eigenvalue weighted by atomic mass is 79.9. The largest absolute Gasteiger partial charge is 0.451 e. The lowest BCUT2D eigenvalue weighted by molar-refractivity contribution is 0.0742. The molecule has 0 spiro atoms. The first kappa shape index (κ1) is 18.9. The van der Waals surface area contributed by atoms with Gasteiger partial charge in [-0.05, 0) is 75.2 Å². The van der Waals surface area contributed by atoms with Crippen molar-refractivity contribution in [2.24, 2.45) is 0 Å². The summed E-state index contributed by atoms with van der Waals surface area (Å²) in [6.45, 7) is 7.22. The zero-order valence-corrected chi connectivity index (χ0v) is 17.4. The number of anilines is 1. The molecule has 0 saturated heterocycles. The van der Waals surface area contributed by atoms with Crippen LogP contribution in [0.2, 0.25) is 0 Å². The Bertz CT molecular complexity index is 917. The average molecular weight is 433 g/mol. The number of nitrogens with one attached hydrogen (secondary N) is 1. The number of hydrogen-bond acceptors (Lipinski definition) is 4. The number of halogens is 1. The standard InChI is InChI=1S/C20H21BrN2O2S/c1-4-23(5-2)20(24)19-13(3)17-12-15(8-11-18(17)25-19)22-26-16-9-6-14(21)7-10-16/h6-12,22H,4-5H2,1-3H3. The van der Waals surface area contributed by atoms with Crippen LogP contribution in [0.15, 0.2) is 56.2 Å². The molecule has 0 unspecified atom stereocenters. The number of aryl methyl sites for hydroxylation is 1. The van der Waals surface area contributed by atoms with E-state index in [0.717, 1.165) is 31.6 Å². The Hall–Kier alpha value is -1.92. The van der Waals surface area contributed by atoms with Gasteiger partial charge in [0, 0.05) is 39.1 Å². The van der Waals surface area contributed by atoms with Crippen LogP contribution in [-0.2, 0) is 0 Å². The minimum atomic E-state index is -0.0533. The molecule has 6 heteroatoms. The maximum absolute atomic E-state index is 12.6. The second-order valence-corrected chi connectivity index (χ2v) is 7.70. The van der Waals surface area contributed by atoms with E-state index in [2.05, 4.69) is 20.7 Å². The predicted octanol–water partition coefficient (Wildman–Crippen LogP) is 6.10. The second kappa shape index (κ2) is 8.18. The number of amides is 1. The van der Waals surface area contributed by atoms with Crippen LogP contribution in [-0.4, -0.2) is 23.9 Å². The lowest BCUT2D eigenvalue weighted by Crippen LogP contribution is -2.30. The lowest BCUT2D eigenvalue weighted by Gasteiger charge is -2.17. The van der Waals surface area contributed by atoms with Gasteiger partial charge in [-0.25, -0.2) is 0 Å². The summed E-state index contributed by atoms with van der Waals surface area (Å²) >= 11 is 4.99. The smallest absolute Gasteiger partial charge is 0.289 e. The fraction of sp³-hybridized carbons (Fsp3) is 0.250. The van der Waals surface area contributed by atoms with E-state index in [1.807, 2.05) is 63.2 Å². The summed E-state index contributed by atoms with van der Waals surface area (Å²) in [7, 11) is 0. The van der Waals surface area contributed by atoms with Gasteiger partial charge in [-0.1, -0.05) is 15.9 Å². The van der Waals surface area contributed by atoms with Gasteiger partial charge >= 0.3 is 0 Å². The number of carbonyl (C=O) groups excluding carboxylic acids is 1. The van der Waals surface area contributed by atoms with Gasteiger partial charge in [0.1, 0.15) is 5.58 Å². The van der Waals surface area contributed by atoms with Crippen molar-refractivity contribution in [3.63, 3.8) is 0 Å². The van der Waals surface area contributed by atoms with Crippen LogP contribution in [0.1, 0.15) is 30.0 Å². The van der Waals surface area contributed by atoms with E-state index in [4.69, 9.17) is 4.42 Å². The van der Waals surface area contributed by atoms with Crippen LogP contribution in [0.3, 0.4) is 0 Å². The van der Waals surface area contributed by atoms with Crippen molar-refractivity contribution in [3.05, 3.63) is 58.3 Å². The van der Waals surface area contributed by atoms with E-state index in [0.29, 0.717) is 18.8 Å². The number of fused-ring (bicyclic) bond motifs is 1. The van der Waals surface area contributed by atoms with Crippen molar-refractivity contribution in [3.8, 4) is 0 Å². The minimum absolute atomic E-state index is 0.0533. The van der Waals surface area contributed by atoms with Crippen molar-refractivity contribution >= 4 is 50.4 Å². The Morgan fingerprint density at radius 2 is 1.85 bits per heavy atom. The Labute approximate surface area is 166 Å². The summed E-state index contributed by atoms with van der Waals surface area (Å²) in [5.74, 6) is 0.379. The first-order chi connectivity index (χ1) is 12.5. The van der Waals surface area contributed by atoms with Gasteiger partial charge in [0.05, 0.1) is 0 Å². The molecule has 0 bridgehead atoms. The fourth-order valence-corrected chi connectivity index (χ4v) is 3.66. The van der Waals surface area contributed by atoms with Crippen LogP contribution in [0.5, 0.6) is 0 Å². The summed E-state index contributed by atoms with van der Waals surface area (Å²) in [4.78, 5) is 15.5. The Kier molecular flexibility index (Phi) is 5.94. The van der Waals surface area contributed by atoms with E-state index in [1.54, 1.807) is 16.8 Å². The molecule has 0 saturated carbocycles. The second-order valence-electron chi connectivity index (χ2n) is 5.90. The molecule has 1 N–H and O–H groups in total. The third-order valence-electron chi connectivity index (χ3n) is 4.28. The number of nitrogens with zero attached hydrogens (tertiary/aromatic N) is 1. The molecule has 0 aliphatic heterocycles. The number of rotatable bonds is 6. The molecule has 0 atom stereocenters. The van der Waals surface area contributed by atoms with Crippen molar-refractivity contribution in [2.75, 3.05) is 17.8 Å². The number of benzene rings is 2. The Balaban J connectivity index is 1.83. The van der Waals surface area contributed by atoms with Gasteiger partial charge in [0.15, 0.2) is 5.76 Å². The fourth-order valence-electron chi connectivity index (χ4n) is 2.76. The molecule has 4 nitrogen and oxygen atoms in total. The molecule has 0 radical (unpaired) electrons. The molecular formula is C20H21BrN2O2S. The Morgan fingerprint density at radius 3 is 2.50 bits per heavy atom. The SMILES string of the molecule is CCN(CC)C(=O)c1oc2ccc(NSc3ccc(Br)cc3)cc2c1C. The van der Waals surface area contributed by atoms with Crippen LogP contribution in [0.25, 0.3) is 11.0 Å². The van der Waals surface area contributed by atoms with Crippen LogP contribution in [0, 0.1) is 6.92 Å². The molecule has 136 valence electrons. The third kappa shape index (κ3) is 3.91. The van der Waals surface area contributed by atoms with Gasteiger partial charge in [0.25, 0.3) is 5.91 Å². The van der Waals surface area contributed by atoms with Crippen molar-refractivity contribution in [1.82, 2.24) is 4.90 Å². The molecule has 1 heterocycles. The molecule has 0 aliphatic rings. The summed E-state index contributed by atoms with van der Waals surface area (Å²) in [6.07, 6.45) is 0. The van der Waals surface area contributed by atoms with Gasteiger partial charge < -0.3 is 14.0 Å². The summed E-state index contributed by atoms with van der Waals surface area (Å²) in [6, 6.07) is 14.0. The molecule has 0 aliphatic carbocycles. The van der Waals surface area contributed by atoms with E-state index >= 15 is 0 Å². The highest BCUT2D eigenvalue weighted by molar-refractivity contribution is 9.10. The number of furan rings is 1. The summed E-state index contributed by atoms with van der Waals surface area (Å²) < 4.78 is 10.3. The van der Waals surface area contributed by atoms with Gasteiger partial charge in [-0.15, -0.1) is 0 Å². The first-order valence-electron chi connectivity index (χ1n) is 8.54. The molecule has 2 aromatic carbocycles. The molecule has 1 amide bonds. The zero-order chi connectivity index (χ0) is 18.7. The number of hydrogen-bond donors (Lipinski definition) is 1. The molecule has 1 aromatic heterocycles. The molecule has 26 heavy (non-hydrogen) atoms. The maximum atomic E-state index is 12.6. The van der Waals surface area contributed by atoms with Crippen LogP contribution < -0.4 is 4.72 Å². The van der Waals surface area contributed by atoms with Gasteiger partial charge in [-0.2, -0.15) is 0 Å². The lowest BCUT2D eigenvalue weighted by atomic mass is 10.1. The van der Waals surface area contributed by atoms with Crippen molar-refractivity contribution in [2.45, 2.75) is 25.7 Å². The van der Waals surface area contributed by atoms with E-state index < -0.39 is 0 Å². The monoisotopic (exact) mass is 432 g/mol. The molecule has 0 fully saturated rings. The first-order valence-corrected chi connectivity index (χ1v) is 10.1. The zero-order valence-electron chi connectivity index (χ0n) is 15.0. The maximum Gasteiger partial charge on any atom is 0.289 e. The highest BCUT2D eigenvalue weighted by Crippen LogP contribution is 2.30. The topological polar surface area (TPSA) is 45.5 Å². The van der Waals surface area contributed by atoms with Crippen LogP contribution >= 0.6 is 27.9 Å². The molecule has 3 aromatic rings. The quantitative estimate of drug-likeness (QED) is 0.477. The summed E-state index contributed by atoms with van der Waals surface area (Å²) in [5.41, 5.74) is 2.59. The van der Waals surface area contributed by atoms with Crippen molar-refractivity contribution in [1.29, 1.82) is 0 Å². The predicted molar refractivity (Wildman–Crippen MR) is 112 cm³/mol. The highest BCUT2D eigenvalue weighted by Gasteiger charge is 2.21. The van der Waals surface area contributed by atoms with E-state index in [1.165, 1.54) is 0 Å². The number of carbonyl (C=O) groups is 1. The minimum Gasteiger partial charge on any atom is -0.451 e. The van der Waals surface area contributed by atoms with Gasteiger partial charge in [0.2, 0.25) is 0 Å².